The van der Waals surface area contributed by atoms with Crippen LogP contribution in [0.5, 0.6) is 5.75 Å². The number of amides is 1. The molecule has 1 amide bonds. The van der Waals surface area contributed by atoms with Gasteiger partial charge in [0.1, 0.15) is 23.9 Å². The van der Waals surface area contributed by atoms with Crippen molar-refractivity contribution in [3.63, 3.8) is 0 Å². The first kappa shape index (κ1) is 23.4. The summed E-state index contributed by atoms with van der Waals surface area (Å²) in [6, 6.07) is 19.1. The summed E-state index contributed by atoms with van der Waals surface area (Å²) < 4.78 is 19.5. The van der Waals surface area contributed by atoms with E-state index in [0.717, 1.165) is 11.1 Å². The van der Waals surface area contributed by atoms with E-state index >= 15 is 0 Å². The highest BCUT2D eigenvalue weighted by atomic mass is 32.1. The van der Waals surface area contributed by atoms with Crippen LogP contribution in [0.2, 0.25) is 0 Å². The number of aliphatic hydroxyl groups excluding tert-OH is 1. The lowest BCUT2D eigenvalue weighted by atomic mass is 9.95. The Hall–Kier alpha value is -4.30. The third-order valence-electron chi connectivity index (χ3n) is 5.87. The average molecular weight is 501 g/mol. The number of aromatic nitrogens is 1. The fourth-order valence-electron chi connectivity index (χ4n) is 4.16. The highest BCUT2D eigenvalue weighted by molar-refractivity contribution is 7.14. The minimum Gasteiger partial charge on any atom is -0.507 e. The number of rotatable bonds is 6. The van der Waals surface area contributed by atoms with Crippen LogP contribution in [0, 0.1) is 12.7 Å². The number of ether oxygens (including phenoxy) is 1. The van der Waals surface area contributed by atoms with E-state index in [2.05, 4.69) is 4.98 Å². The molecule has 0 aliphatic carbocycles. The number of aryl methyl sites for hydroxylation is 1. The Labute approximate surface area is 210 Å². The minimum atomic E-state index is -0.950. The molecule has 4 aromatic rings. The Morgan fingerprint density at radius 1 is 1.08 bits per heavy atom. The monoisotopic (exact) mass is 500 g/mol. The van der Waals surface area contributed by atoms with Crippen LogP contribution in [-0.2, 0) is 16.2 Å². The average Bonchev–Trinajstić information content (AvgIpc) is 3.50. The van der Waals surface area contributed by atoms with Crippen LogP contribution < -0.4 is 9.64 Å². The lowest BCUT2D eigenvalue weighted by molar-refractivity contribution is -0.132. The zero-order valence-electron chi connectivity index (χ0n) is 19.2. The van der Waals surface area contributed by atoms with Crippen LogP contribution in [0.1, 0.15) is 28.3 Å². The molecule has 2 heterocycles. The van der Waals surface area contributed by atoms with Gasteiger partial charge in [0, 0.05) is 17.1 Å². The van der Waals surface area contributed by atoms with Crippen molar-refractivity contribution in [2.75, 3.05) is 4.90 Å². The van der Waals surface area contributed by atoms with Gasteiger partial charge in [-0.3, -0.25) is 14.5 Å². The van der Waals surface area contributed by atoms with Gasteiger partial charge in [-0.05, 0) is 54.4 Å². The maximum Gasteiger partial charge on any atom is 0.301 e. The van der Waals surface area contributed by atoms with Gasteiger partial charge in [0.15, 0.2) is 5.13 Å². The molecule has 1 aromatic heterocycles. The van der Waals surface area contributed by atoms with Crippen molar-refractivity contribution < 1.29 is 23.8 Å². The van der Waals surface area contributed by atoms with Crippen molar-refractivity contribution in [1.29, 1.82) is 0 Å². The van der Waals surface area contributed by atoms with Gasteiger partial charge in [0.05, 0.1) is 11.6 Å². The zero-order chi connectivity index (χ0) is 25.2. The minimum absolute atomic E-state index is 0.0877. The Bertz CT molecular complexity index is 1450. The van der Waals surface area contributed by atoms with E-state index in [1.807, 2.05) is 31.2 Å². The summed E-state index contributed by atoms with van der Waals surface area (Å²) >= 11 is 1.19. The van der Waals surface area contributed by atoms with Gasteiger partial charge in [-0.25, -0.2) is 9.37 Å². The second kappa shape index (κ2) is 9.75. The molecular weight excluding hydrogens is 479 g/mol. The zero-order valence-corrected chi connectivity index (χ0v) is 20.0. The maximum atomic E-state index is 13.6. The highest BCUT2D eigenvalue weighted by Gasteiger charge is 2.47. The Kier molecular flexibility index (Phi) is 6.35. The second-order valence-corrected chi connectivity index (χ2v) is 9.21. The van der Waals surface area contributed by atoms with Crippen molar-refractivity contribution in [2.45, 2.75) is 19.6 Å². The predicted molar refractivity (Wildman–Crippen MR) is 135 cm³/mol. The van der Waals surface area contributed by atoms with Gasteiger partial charge in [0.2, 0.25) is 0 Å². The molecule has 180 valence electrons. The van der Waals surface area contributed by atoms with E-state index in [-0.39, 0.29) is 11.3 Å². The van der Waals surface area contributed by atoms with Crippen LogP contribution in [0.15, 0.2) is 89.9 Å². The number of hydrogen-bond acceptors (Lipinski definition) is 6. The number of anilines is 1. The quantitative estimate of drug-likeness (QED) is 0.206. The summed E-state index contributed by atoms with van der Waals surface area (Å²) in [4.78, 5) is 31.5. The molecule has 0 unspecified atom stereocenters. The molecule has 1 fully saturated rings. The Balaban J connectivity index is 1.48. The number of benzene rings is 3. The van der Waals surface area contributed by atoms with Crippen molar-refractivity contribution in [3.8, 4) is 5.75 Å². The molecule has 1 aliphatic rings. The number of carbonyl (C=O) groups is 2. The van der Waals surface area contributed by atoms with Gasteiger partial charge in [-0.1, -0.05) is 42.0 Å². The van der Waals surface area contributed by atoms with Crippen LogP contribution in [0.4, 0.5) is 9.52 Å². The molecule has 8 heteroatoms. The molecule has 36 heavy (non-hydrogen) atoms. The largest absolute Gasteiger partial charge is 0.507 e. The van der Waals surface area contributed by atoms with Crippen molar-refractivity contribution in [2.24, 2.45) is 0 Å². The molecular formula is C28H21FN2O4S. The highest BCUT2D eigenvalue weighted by Crippen LogP contribution is 2.42. The number of nitrogens with zero attached hydrogens (tertiary/aromatic N) is 2. The maximum absolute atomic E-state index is 13.6. The summed E-state index contributed by atoms with van der Waals surface area (Å²) in [5, 5.41) is 13.2. The van der Waals surface area contributed by atoms with Gasteiger partial charge in [0.25, 0.3) is 5.78 Å². The van der Waals surface area contributed by atoms with Gasteiger partial charge in [-0.15, -0.1) is 11.3 Å². The van der Waals surface area contributed by atoms with Crippen LogP contribution in [-0.4, -0.2) is 21.8 Å². The number of Topliss-reactive ketones (excluding diaryl/α,β-unsaturated/α-hetero) is 1. The van der Waals surface area contributed by atoms with Gasteiger partial charge < -0.3 is 9.84 Å². The lowest BCUT2D eigenvalue weighted by Crippen LogP contribution is -2.29. The number of carbonyl (C=O) groups excluding carboxylic acids is 2. The van der Waals surface area contributed by atoms with E-state index in [1.165, 1.54) is 46.7 Å². The molecule has 0 radical (unpaired) electrons. The molecule has 0 spiro atoms. The number of halogens is 1. The summed E-state index contributed by atoms with van der Waals surface area (Å²) in [5.74, 6) is -1.83. The van der Waals surface area contributed by atoms with Crippen LogP contribution >= 0.6 is 11.3 Å². The fraction of sp³-hybridized carbons (Fsp3) is 0.107. The summed E-state index contributed by atoms with van der Waals surface area (Å²) in [7, 11) is 0. The first-order valence-corrected chi connectivity index (χ1v) is 12.0. The van der Waals surface area contributed by atoms with Crippen molar-refractivity contribution >= 4 is 33.9 Å². The van der Waals surface area contributed by atoms with E-state index in [1.54, 1.807) is 29.6 Å². The Morgan fingerprint density at radius 2 is 1.83 bits per heavy atom. The summed E-state index contributed by atoms with van der Waals surface area (Å²) in [6.07, 6.45) is 1.52. The van der Waals surface area contributed by atoms with Crippen molar-refractivity contribution in [1.82, 2.24) is 4.98 Å². The number of ketones is 1. The van der Waals surface area contributed by atoms with E-state index in [0.29, 0.717) is 28.6 Å². The molecule has 1 saturated heterocycles. The Morgan fingerprint density at radius 3 is 2.50 bits per heavy atom. The van der Waals surface area contributed by atoms with Crippen LogP contribution in [0.3, 0.4) is 0 Å². The first-order valence-electron chi connectivity index (χ1n) is 11.2. The second-order valence-electron chi connectivity index (χ2n) is 8.34. The molecule has 3 aromatic carbocycles. The third kappa shape index (κ3) is 4.50. The van der Waals surface area contributed by atoms with E-state index in [4.69, 9.17) is 4.74 Å². The molecule has 6 nitrogen and oxygen atoms in total. The van der Waals surface area contributed by atoms with E-state index in [9.17, 15) is 19.1 Å². The normalized spacial score (nSPS) is 16.9. The number of hydrogen-bond donors (Lipinski definition) is 1. The number of aliphatic hydroxyl groups is 1. The predicted octanol–water partition coefficient (Wildman–Crippen LogP) is 5.80. The topological polar surface area (TPSA) is 79.7 Å². The number of thiazole rings is 1. The summed E-state index contributed by atoms with van der Waals surface area (Å²) in [6.45, 7) is 2.40. The van der Waals surface area contributed by atoms with Crippen molar-refractivity contribution in [3.05, 3.63) is 118 Å². The third-order valence-corrected chi connectivity index (χ3v) is 6.64. The molecule has 1 atom stereocenters. The van der Waals surface area contributed by atoms with Gasteiger partial charge in [-0.2, -0.15) is 0 Å². The molecule has 1 N–H and O–H groups in total. The first-order chi connectivity index (χ1) is 17.4. The molecule has 0 bridgehead atoms. The fourth-order valence-corrected chi connectivity index (χ4v) is 4.83. The smallest absolute Gasteiger partial charge is 0.301 e. The lowest BCUT2D eigenvalue weighted by Gasteiger charge is -2.23. The van der Waals surface area contributed by atoms with E-state index < -0.39 is 23.5 Å². The van der Waals surface area contributed by atoms with Gasteiger partial charge >= 0.3 is 5.91 Å². The standard InChI is InChI=1S/C28H21FN2O4S/c1-17-3-2-4-18(15-17)16-35-22-11-7-20(8-12-22)25(32)23-24(19-5-9-21(29)10-6-19)31(27(34)26(23)33)28-30-13-14-36-28/h2-15,24,32H,16H2,1H3/b25-23+/t24-/m1/s1. The molecule has 1 aliphatic heterocycles. The SMILES string of the molecule is Cc1cccc(COc2ccc(/C(O)=C3\C(=O)C(=O)N(c4nccs4)[C@@H]3c3ccc(F)cc3)cc2)c1. The molecule has 5 rings (SSSR count). The van der Waals surface area contributed by atoms with Crippen LogP contribution in [0.25, 0.3) is 5.76 Å². The molecule has 0 saturated carbocycles. The summed E-state index contributed by atoms with van der Waals surface area (Å²) in [5.41, 5.74) is 2.91.